The summed E-state index contributed by atoms with van der Waals surface area (Å²) in [5.41, 5.74) is -1.12. The maximum Gasteiger partial charge on any atom is 0.153 e. The van der Waals surface area contributed by atoms with Crippen molar-refractivity contribution in [1.29, 1.82) is 0 Å². The molecule has 0 aromatic carbocycles. The molecule has 6 rings (SSSR count). The zero-order valence-electron chi connectivity index (χ0n) is 15.0. The van der Waals surface area contributed by atoms with E-state index in [-0.39, 0.29) is 28.3 Å². The molecule has 0 radical (unpaired) electrons. The number of Topliss-reactive ketones (excluding diaryl/α,β-unsaturated/α-hetero) is 2. The van der Waals surface area contributed by atoms with E-state index in [9.17, 15) is 9.59 Å². The van der Waals surface area contributed by atoms with Gasteiger partial charge in [-0.3, -0.25) is 9.59 Å². The zero-order chi connectivity index (χ0) is 17.3. The van der Waals surface area contributed by atoms with Gasteiger partial charge in [-0.25, -0.2) is 0 Å². The Hall–Kier alpha value is -0.220. The molecule has 0 aromatic rings. The molecule has 3 nitrogen and oxygen atoms in total. The summed E-state index contributed by atoms with van der Waals surface area (Å²) in [6, 6.07) is 0. The van der Waals surface area contributed by atoms with Crippen molar-refractivity contribution in [3.63, 3.8) is 0 Å². The first-order chi connectivity index (χ1) is 11.2. The topological polar surface area (TPSA) is 43.4 Å². The first-order valence-corrected chi connectivity index (χ1v) is 10.4. The molecule has 0 heterocycles. The molecule has 24 heavy (non-hydrogen) atoms. The van der Waals surface area contributed by atoms with Crippen molar-refractivity contribution < 1.29 is 14.3 Å². The number of hydrogen-bond acceptors (Lipinski definition) is 3. The van der Waals surface area contributed by atoms with Crippen molar-refractivity contribution in [2.75, 3.05) is 7.11 Å². The van der Waals surface area contributed by atoms with Crippen molar-refractivity contribution in [3.05, 3.63) is 0 Å². The average Bonchev–Trinajstić information content (AvgIpc) is 3.14. The quantitative estimate of drug-likeness (QED) is 0.502. The van der Waals surface area contributed by atoms with Crippen LogP contribution < -0.4 is 0 Å². The average molecular weight is 395 g/mol. The molecule has 0 N–H and O–H groups in total. The molecule has 0 amide bonds. The molecule has 6 aliphatic carbocycles. The smallest absolute Gasteiger partial charge is 0.153 e. The van der Waals surface area contributed by atoms with Crippen LogP contribution in [0.15, 0.2) is 0 Å². The van der Waals surface area contributed by atoms with E-state index >= 15 is 0 Å². The molecule has 1 unspecified atom stereocenters. The summed E-state index contributed by atoms with van der Waals surface area (Å²) in [5, 5.41) is 0. The lowest BCUT2D eigenvalue weighted by atomic mass is 9.40. The Morgan fingerprint density at radius 1 is 1.08 bits per heavy atom. The summed E-state index contributed by atoms with van der Waals surface area (Å²) in [4.78, 5) is 26.9. The fourth-order valence-corrected chi connectivity index (χ4v) is 8.83. The fraction of sp³-hybridized carbons (Fsp3) is 0.900. The van der Waals surface area contributed by atoms with Gasteiger partial charge in [0.25, 0.3) is 0 Å². The van der Waals surface area contributed by atoms with E-state index in [1.54, 1.807) is 0 Å². The molecular formula is C20H27BrO3. The summed E-state index contributed by atoms with van der Waals surface area (Å²) in [6.07, 6.45) is 4.92. The number of carbonyl (C=O) groups excluding carboxylic acids is 2. The van der Waals surface area contributed by atoms with E-state index in [4.69, 9.17) is 4.74 Å². The third kappa shape index (κ3) is 1.31. The molecule has 6 fully saturated rings. The summed E-state index contributed by atoms with van der Waals surface area (Å²) < 4.78 is 6.05. The standard InChI is InChI=1S/C20H27BrO3/c1-17-7-6-13(21)19(3,24-4)11(17)5-8-20-12(17)9-10-14(15(20)22)18(10,2)16(20)23/h10-14H,5-9H2,1-4H3/t10-,11+,12+,13+,14?,17-,18-,19+,20+/m1/s1. The molecule has 4 bridgehead atoms. The van der Waals surface area contributed by atoms with Crippen LogP contribution in [0.25, 0.3) is 0 Å². The molecule has 1 spiro atoms. The highest BCUT2D eigenvalue weighted by atomic mass is 79.9. The SMILES string of the molecule is CO[C@]1(C)[C@@H](Br)CC[C@@]2(C)[C@@H]3C[C@@H]4C5C(=O)[C@@]3(CC[C@@H]21)C(=O)[C@@]54C. The summed E-state index contributed by atoms with van der Waals surface area (Å²) in [7, 11) is 1.82. The Balaban J connectivity index is 1.63. The van der Waals surface area contributed by atoms with E-state index in [1.165, 1.54) is 0 Å². The van der Waals surface area contributed by atoms with Crippen LogP contribution in [-0.4, -0.2) is 29.1 Å². The highest BCUT2D eigenvalue weighted by Gasteiger charge is 2.87. The molecule has 4 heteroatoms. The third-order valence-electron chi connectivity index (χ3n) is 9.52. The third-order valence-corrected chi connectivity index (χ3v) is 10.9. The van der Waals surface area contributed by atoms with Crippen molar-refractivity contribution in [2.45, 2.75) is 63.3 Å². The van der Waals surface area contributed by atoms with Crippen LogP contribution in [0.3, 0.4) is 0 Å². The van der Waals surface area contributed by atoms with E-state index in [2.05, 4.69) is 36.7 Å². The monoisotopic (exact) mass is 394 g/mol. The van der Waals surface area contributed by atoms with Crippen molar-refractivity contribution in [2.24, 2.45) is 39.9 Å². The van der Waals surface area contributed by atoms with Crippen LogP contribution in [0.5, 0.6) is 0 Å². The Labute approximate surface area is 152 Å². The highest BCUT2D eigenvalue weighted by molar-refractivity contribution is 9.09. The first kappa shape index (κ1) is 16.0. The lowest BCUT2D eigenvalue weighted by Crippen LogP contribution is -2.66. The van der Waals surface area contributed by atoms with Crippen LogP contribution in [0.1, 0.15) is 52.9 Å². The second-order valence-electron chi connectivity index (χ2n) is 9.81. The molecule has 9 atom stereocenters. The van der Waals surface area contributed by atoms with Crippen molar-refractivity contribution in [1.82, 2.24) is 0 Å². The van der Waals surface area contributed by atoms with Crippen molar-refractivity contribution in [3.8, 4) is 0 Å². The molecule has 0 aliphatic heterocycles. The molecular weight excluding hydrogens is 368 g/mol. The Morgan fingerprint density at radius 2 is 1.79 bits per heavy atom. The minimum atomic E-state index is -0.646. The fourth-order valence-electron chi connectivity index (χ4n) is 8.09. The normalized spacial score (nSPS) is 63.8. The van der Waals surface area contributed by atoms with Crippen LogP contribution in [0.2, 0.25) is 0 Å². The predicted molar refractivity (Wildman–Crippen MR) is 93.8 cm³/mol. The van der Waals surface area contributed by atoms with E-state index in [1.807, 2.05) is 7.11 Å². The van der Waals surface area contributed by atoms with Gasteiger partial charge in [-0.05, 0) is 62.2 Å². The zero-order valence-corrected chi connectivity index (χ0v) is 16.6. The minimum absolute atomic E-state index is 0.0352. The number of ether oxygens (including phenoxy) is 1. The number of alkyl halides is 1. The molecule has 6 aliphatic rings. The van der Waals surface area contributed by atoms with Gasteiger partial charge in [0.1, 0.15) is 0 Å². The van der Waals surface area contributed by atoms with E-state index in [0.717, 1.165) is 32.1 Å². The van der Waals surface area contributed by atoms with Crippen LogP contribution in [0.4, 0.5) is 0 Å². The van der Waals surface area contributed by atoms with Crippen LogP contribution >= 0.6 is 15.9 Å². The second-order valence-corrected chi connectivity index (χ2v) is 10.9. The second kappa shape index (κ2) is 4.19. The van der Waals surface area contributed by atoms with Crippen LogP contribution in [0, 0.1) is 39.9 Å². The number of fused-ring (bicyclic) bond motifs is 1. The number of halogens is 1. The van der Waals surface area contributed by atoms with Gasteiger partial charge in [0.2, 0.25) is 0 Å². The van der Waals surface area contributed by atoms with Gasteiger partial charge in [0.05, 0.1) is 11.0 Å². The molecule has 132 valence electrons. The summed E-state index contributed by atoms with van der Waals surface area (Å²) >= 11 is 3.86. The highest BCUT2D eigenvalue weighted by Crippen LogP contribution is 2.82. The van der Waals surface area contributed by atoms with Gasteiger partial charge in [-0.1, -0.05) is 29.8 Å². The van der Waals surface area contributed by atoms with Gasteiger partial charge < -0.3 is 4.74 Å². The van der Waals surface area contributed by atoms with Gasteiger partial charge in [0, 0.05) is 23.3 Å². The van der Waals surface area contributed by atoms with Gasteiger partial charge in [-0.15, -0.1) is 0 Å². The number of hydrogen-bond donors (Lipinski definition) is 0. The maximum atomic E-state index is 13.3. The van der Waals surface area contributed by atoms with Gasteiger partial charge in [-0.2, -0.15) is 0 Å². The Morgan fingerprint density at radius 3 is 2.38 bits per heavy atom. The number of carbonyl (C=O) groups is 2. The molecule has 0 saturated heterocycles. The Kier molecular flexibility index (Phi) is 2.79. The molecule has 6 saturated carbocycles. The van der Waals surface area contributed by atoms with Gasteiger partial charge >= 0.3 is 0 Å². The Bertz CT molecular complexity index is 676. The summed E-state index contributed by atoms with van der Waals surface area (Å²) in [5.74, 6) is 1.65. The largest absolute Gasteiger partial charge is 0.377 e. The number of rotatable bonds is 1. The van der Waals surface area contributed by atoms with E-state index < -0.39 is 5.41 Å². The van der Waals surface area contributed by atoms with E-state index in [0.29, 0.717) is 28.2 Å². The lowest BCUT2D eigenvalue weighted by molar-refractivity contribution is -0.198. The van der Waals surface area contributed by atoms with Crippen LogP contribution in [-0.2, 0) is 14.3 Å². The molecule has 0 aromatic heterocycles. The number of ketones is 2. The number of methoxy groups -OCH3 is 1. The summed E-state index contributed by atoms with van der Waals surface area (Å²) in [6.45, 7) is 6.65. The van der Waals surface area contributed by atoms with Gasteiger partial charge in [0.15, 0.2) is 11.6 Å². The maximum absolute atomic E-state index is 13.3. The van der Waals surface area contributed by atoms with Crippen molar-refractivity contribution >= 4 is 27.5 Å². The first-order valence-electron chi connectivity index (χ1n) is 9.47. The lowest BCUT2D eigenvalue weighted by Gasteiger charge is -2.64. The predicted octanol–water partition coefficient (Wildman–Crippen LogP) is 3.78. The minimum Gasteiger partial charge on any atom is -0.377 e.